The van der Waals surface area contributed by atoms with Crippen LogP contribution in [0.2, 0.25) is 0 Å². The Labute approximate surface area is 80.1 Å². The molecule has 6 heteroatoms. The Hall–Kier alpha value is -1.72. The number of rotatable bonds is 3. The van der Waals surface area contributed by atoms with E-state index in [1.54, 1.807) is 13.8 Å². The number of carbonyl (C=O) groups is 1. The van der Waals surface area contributed by atoms with Crippen molar-refractivity contribution in [3.8, 4) is 0 Å². The van der Waals surface area contributed by atoms with Gasteiger partial charge in [0.25, 0.3) is 0 Å². The van der Waals surface area contributed by atoms with Gasteiger partial charge in [-0.1, -0.05) is 13.8 Å². The number of nitro groups is 1. The van der Waals surface area contributed by atoms with Gasteiger partial charge in [0.2, 0.25) is 0 Å². The minimum absolute atomic E-state index is 0.0981. The lowest BCUT2D eigenvalue weighted by atomic mass is 10.0. The first-order valence-electron chi connectivity index (χ1n) is 4.10. The van der Waals surface area contributed by atoms with Crippen molar-refractivity contribution in [1.82, 2.24) is 0 Å². The van der Waals surface area contributed by atoms with Crippen LogP contribution in [0.5, 0.6) is 0 Å². The maximum absolute atomic E-state index is 10.6. The first-order valence-corrected chi connectivity index (χ1v) is 4.10. The maximum Gasteiger partial charge on any atom is 0.340 e. The molecule has 0 atom stereocenters. The van der Waals surface area contributed by atoms with Crippen molar-refractivity contribution in [3.63, 3.8) is 0 Å². The van der Waals surface area contributed by atoms with E-state index in [0.29, 0.717) is 0 Å². The number of carboxylic acids is 1. The summed E-state index contributed by atoms with van der Waals surface area (Å²) in [6.45, 7) is 3.39. The summed E-state index contributed by atoms with van der Waals surface area (Å²) in [5, 5.41) is 19.3. The zero-order valence-electron chi connectivity index (χ0n) is 7.85. The SMILES string of the molecule is CC(C)C1=NCC(C(=O)O)=C1[N+](=O)[O-]. The second-order valence-corrected chi connectivity index (χ2v) is 3.25. The van der Waals surface area contributed by atoms with Crippen molar-refractivity contribution in [2.75, 3.05) is 6.54 Å². The standard InChI is InChI=1S/C8H10N2O4/c1-4(2)6-7(10(13)14)5(3-9-6)8(11)12/h4H,3H2,1-2H3,(H,11,12). The van der Waals surface area contributed by atoms with Gasteiger partial charge in [-0.25, -0.2) is 4.79 Å². The first-order chi connectivity index (χ1) is 6.45. The first kappa shape index (κ1) is 10.4. The van der Waals surface area contributed by atoms with Gasteiger partial charge in [0.1, 0.15) is 11.3 Å². The van der Waals surface area contributed by atoms with E-state index in [0.717, 1.165) is 0 Å². The van der Waals surface area contributed by atoms with Gasteiger partial charge in [-0.05, 0) is 0 Å². The van der Waals surface area contributed by atoms with Gasteiger partial charge in [0.05, 0.1) is 11.5 Å². The molecule has 0 aromatic carbocycles. The molecule has 0 amide bonds. The van der Waals surface area contributed by atoms with Gasteiger partial charge < -0.3 is 5.11 Å². The molecule has 1 N–H and O–H groups in total. The molecule has 1 aliphatic heterocycles. The molecular formula is C8H10N2O4. The van der Waals surface area contributed by atoms with Gasteiger partial charge in [-0.15, -0.1) is 0 Å². The molecule has 0 aliphatic carbocycles. The molecule has 0 saturated heterocycles. The van der Waals surface area contributed by atoms with Crippen LogP contribution in [0.4, 0.5) is 0 Å². The van der Waals surface area contributed by atoms with Gasteiger partial charge in [0.15, 0.2) is 0 Å². The van der Waals surface area contributed by atoms with Crippen LogP contribution < -0.4 is 0 Å². The fraction of sp³-hybridized carbons (Fsp3) is 0.500. The lowest BCUT2D eigenvalue weighted by Crippen LogP contribution is -2.17. The van der Waals surface area contributed by atoms with E-state index in [1.165, 1.54) is 0 Å². The highest BCUT2D eigenvalue weighted by atomic mass is 16.6. The Bertz CT molecular complexity index is 354. The van der Waals surface area contributed by atoms with Crippen LogP contribution in [0.15, 0.2) is 16.3 Å². The molecular weight excluding hydrogens is 188 g/mol. The molecule has 0 saturated carbocycles. The third kappa shape index (κ3) is 1.63. The largest absolute Gasteiger partial charge is 0.478 e. The summed E-state index contributed by atoms with van der Waals surface area (Å²) in [7, 11) is 0. The summed E-state index contributed by atoms with van der Waals surface area (Å²) in [6, 6.07) is 0. The number of hydrogen-bond donors (Lipinski definition) is 1. The molecule has 0 unspecified atom stereocenters. The van der Waals surface area contributed by atoms with E-state index >= 15 is 0 Å². The van der Waals surface area contributed by atoms with Gasteiger partial charge in [-0.3, -0.25) is 15.1 Å². The minimum atomic E-state index is -1.27. The highest BCUT2D eigenvalue weighted by Gasteiger charge is 2.35. The van der Waals surface area contributed by atoms with Crippen molar-refractivity contribution in [2.24, 2.45) is 10.9 Å². The number of allylic oxidation sites excluding steroid dienone is 1. The molecule has 0 bridgehead atoms. The van der Waals surface area contributed by atoms with E-state index in [1.807, 2.05) is 0 Å². The monoisotopic (exact) mass is 198 g/mol. The smallest absolute Gasteiger partial charge is 0.340 e. The Balaban J connectivity index is 3.17. The maximum atomic E-state index is 10.6. The number of carboxylic acid groups (broad SMARTS) is 1. The van der Waals surface area contributed by atoms with Crippen LogP contribution in [0.1, 0.15) is 13.8 Å². The van der Waals surface area contributed by atoms with Crippen LogP contribution in [0, 0.1) is 16.0 Å². The van der Waals surface area contributed by atoms with Crippen LogP contribution in [0.25, 0.3) is 0 Å². The second kappa shape index (κ2) is 3.57. The lowest BCUT2D eigenvalue weighted by molar-refractivity contribution is -0.415. The molecule has 0 aromatic rings. The molecule has 76 valence electrons. The topological polar surface area (TPSA) is 92.8 Å². The van der Waals surface area contributed by atoms with E-state index < -0.39 is 10.9 Å². The van der Waals surface area contributed by atoms with Gasteiger partial charge >= 0.3 is 11.7 Å². The number of aliphatic imine (C=N–C) groups is 1. The van der Waals surface area contributed by atoms with E-state index in [2.05, 4.69) is 4.99 Å². The fourth-order valence-corrected chi connectivity index (χ4v) is 1.30. The van der Waals surface area contributed by atoms with Gasteiger partial charge in [-0.2, -0.15) is 0 Å². The molecule has 0 radical (unpaired) electrons. The third-order valence-corrected chi connectivity index (χ3v) is 1.92. The summed E-state index contributed by atoms with van der Waals surface area (Å²) in [5.74, 6) is -1.40. The Morgan fingerprint density at radius 3 is 2.57 bits per heavy atom. The van der Waals surface area contributed by atoms with Crippen LogP contribution in [-0.4, -0.2) is 28.3 Å². The van der Waals surface area contributed by atoms with Gasteiger partial charge in [0, 0.05) is 5.92 Å². The second-order valence-electron chi connectivity index (χ2n) is 3.25. The fourth-order valence-electron chi connectivity index (χ4n) is 1.30. The average molecular weight is 198 g/mol. The molecule has 1 aliphatic rings. The number of hydrogen-bond acceptors (Lipinski definition) is 4. The van der Waals surface area contributed by atoms with E-state index in [-0.39, 0.29) is 29.4 Å². The number of aliphatic carboxylic acids is 1. The summed E-state index contributed by atoms with van der Waals surface area (Å²) in [6.07, 6.45) is 0. The van der Waals surface area contributed by atoms with Crippen molar-refractivity contribution >= 4 is 11.7 Å². The van der Waals surface area contributed by atoms with Crippen LogP contribution >= 0.6 is 0 Å². The van der Waals surface area contributed by atoms with Crippen LogP contribution in [-0.2, 0) is 4.79 Å². The third-order valence-electron chi connectivity index (χ3n) is 1.92. The quantitative estimate of drug-likeness (QED) is 0.533. The molecule has 0 aromatic heterocycles. The summed E-state index contributed by atoms with van der Waals surface area (Å²) in [5.41, 5.74) is -0.293. The Morgan fingerprint density at radius 2 is 2.21 bits per heavy atom. The molecule has 0 spiro atoms. The molecule has 1 heterocycles. The summed E-state index contributed by atoms with van der Waals surface area (Å²) >= 11 is 0. The van der Waals surface area contributed by atoms with Crippen molar-refractivity contribution < 1.29 is 14.8 Å². The molecule has 1 rings (SSSR count). The predicted molar refractivity (Wildman–Crippen MR) is 48.8 cm³/mol. The van der Waals surface area contributed by atoms with Crippen molar-refractivity contribution in [2.45, 2.75) is 13.8 Å². The Kier molecular flexibility index (Phi) is 2.64. The summed E-state index contributed by atoms with van der Waals surface area (Å²) in [4.78, 5) is 24.5. The highest BCUT2D eigenvalue weighted by molar-refractivity contribution is 6.08. The lowest BCUT2D eigenvalue weighted by Gasteiger charge is -2.02. The minimum Gasteiger partial charge on any atom is -0.478 e. The van der Waals surface area contributed by atoms with Crippen LogP contribution in [0.3, 0.4) is 0 Å². The van der Waals surface area contributed by atoms with E-state index in [9.17, 15) is 14.9 Å². The average Bonchev–Trinajstić information content (AvgIpc) is 2.46. The molecule has 6 nitrogen and oxygen atoms in total. The molecule has 0 fully saturated rings. The zero-order chi connectivity index (χ0) is 10.9. The normalized spacial score (nSPS) is 16.1. The molecule has 14 heavy (non-hydrogen) atoms. The Morgan fingerprint density at radius 1 is 1.64 bits per heavy atom. The number of nitrogens with zero attached hydrogens (tertiary/aromatic N) is 2. The zero-order valence-corrected chi connectivity index (χ0v) is 7.85. The van der Waals surface area contributed by atoms with Crippen molar-refractivity contribution in [3.05, 3.63) is 21.4 Å². The highest BCUT2D eigenvalue weighted by Crippen LogP contribution is 2.20. The van der Waals surface area contributed by atoms with E-state index in [4.69, 9.17) is 5.11 Å². The van der Waals surface area contributed by atoms with Crippen molar-refractivity contribution in [1.29, 1.82) is 0 Å². The summed E-state index contributed by atoms with van der Waals surface area (Å²) < 4.78 is 0. The predicted octanol–water partition coefficient (Wildman–Crippen LogP) is 0.712.